The van der Waals surface area contributed by atoms with Gasteiger partial charge >= 0.3 is 5.97 Å². The third-order valence-corrected chi connectivity index (χ3v) is 21.8. The third kappa shape index (κ3) is 7.23. The van der Waals surface area contributed by atoms with E-state index >= 15 is 0 Å². The first-order chi connectivity index (χ1) is 20.3. The molecule has 0 heterocycles. The molecule has 4 rings (SSSR count). The minimum atomic E-state index is -2.04. The quantitative estimate of drug-likeness (QED) is 0.148. The molecule has 0 aromatic rings. The normalized spacial score (nSPS) is 32.6. The Labute approximate surface area is 278 Å². The van der Waals surface area contributed by atoms with E-state index in [0.29, 0.717) is 18.4 Å². The van der Waals surface area contributed by atoms with Gasteiger partial charge in [-0.05, 0) is 112 Å². The van der Waals surface area contributed by atoms with Crippen molar-refractivity contribution in [1.82, 2.24) is 0 Å². The van der Waals surface area contributed by atoms with Crippen LogP contribution in [0.15, 0.2) is 34.9 Å². The molecule has 0 amide bonds. The molecule has 2 fully saturated rings. The lowest BCUT2D eigenvalue weighted by Crippen LogP contribution is -2.58. The number of hydrogen-bond donors (Lipinski definition) is 0. The molecule has 7 heteroatoms. The molecule has 5 nitrogen and oxygen atoms in total. The zero-order chi connectivity index (χ0) is 34.0. The van der Waals surface area contributed by atoms with E-state index in [4.69, 9.17) is 18.3 Å². The van der Waals surface area contributed by atoms with Crippen LogP contribution >= 0.6 is 0 Å². The average molecular weight is 659 g/mol. The first-order valence-corrected chi connectivity index (χ1v) is 23.4. The standard InChI is InChI=1S/C38H66O5Si2/c1-34(2,3)41-33(39)25-40-24-27-17-19-30-29-18-16-26-22-28(42-44(12,13)35(4,5)6)23-32(43-45(14,15)36(7,8)9)38(26,11)31(29)20-21-37(27,30)10/h16-18,28,30-32H,19-25H2,1-15H3/t28-,30+,31+,32+,37-,38+/m1/s1. The maximum Gasteiger partial charge on any atom is 0.332 e. The van der Waals surface area contributed by atoms with Gasteiger partial charge in [-0.15, -0.1) is 0 Å². The van der Waals surface area contributed by atoms with Crippen LogP contribution in [0, 0.1) is 22.7 Å². The molecule has 4 aliphatic rings. The van der Waals surface area contributed by atoms with Gasteiger partial charge in [-0.1, -0.05) is 84.8 Å². The molecule has 45 heavy (non-hydrogen) atoms. The SMILES string of the molecule is CC(C)(C)OC(=O)COCC1=CC[C@H]2C3=CC=C4C[C@@H](O[Si](C)(C)C(C)(C)C)C[C@H](O[Si](C)(C)C(C)(C)C)[C@]4(C)[C@H]3CC[C@]12C. The lowest BCUT2D eigenvalue weighted by molar-refractivity contribution is -0.160. The maximum absolute atomic E-state index is 12.3. The Morgan fingerprint density at radius 1 is 0.889 bits per heavy atom. The largest absolute Gasteiger partial charge is 0.458 e. The summed E-state index contributed by atoms with van der Waals surface area (Å²) < 4.78 is 26.1. The van der Waals surface area contributed by atoms with Crippen molar-refractivity contribution in [2.45, 2.75) is 162 Å². The van der Waals surface area contributed by atoms with Gasteiger partial charge in [0, 0.05) is 5.41 Å². The van der Waals surface area contributed by atoms with E-state index in [9.17, 15) is 4.79 Å². The van der Waals surface area contributed by atoms with E-state index < -0.39 is 22.2 Å². The number of fused-ring (bicyclic) bond motifs is 5. The van der Waals surface area contributed by atoms with Gasteiger partial charge in [-0.3, -0.25) is 0 Å². The predicted molar refractivity (Wildman–Crippen MR) is 191 cm³/mol. The predicted octanol–water partition coefficient (Wildman–Crippen LogP) is 10.2. The van der Waals surface area contributed by atoms with Gasteiger partial charge in [-0.2, -0.15) is 0 Å². The third-order valence-electron chi connectivity index (χ3n) is 12.8. The molecule has 2 saturated carbocycles. The van der Waals surface area contributed by atoms with E-state index in [1.165, 1.54) is 11.1 Å². The fourth-order valence-electron chi connectivity index (χ4n) is 7.90. The van der Waals surface area contributed by atoms with Crippen molar-refractivity contribution in [2.75, 3.05) is 13.2 Å². The van der Waals surface area contributed by atoms with Crippen molar-refractivity contribution < 1.29 is 23.1 Å². The van der Waals surface area contributed by atoms with Crippen LogP contribution in [0.4, 0.5) is 0 Å². The average Bonchev–Trinajstić information content (AvgIpc) is 3.18. The molecule has 0 unspecified atom stereocenters. The molecule has 0 saturated heterocycles. The molecule has 0 aliphatic heterocycles. The smallest absolute Gasteiger partial charge is 0.332 e. The van der Waals surface area contributed by atoms with Crippen molar-refractivity contribution >= 4 is 22.6 Å². The van der Waals surface area contributed by atoms with Gasteiger partial charge in [-0.25, -0.2) is 4.79 Å². The molecular formula is C38H66O5Si2. The zero-order valence-corrected chi connectivity index (χ0v) is 33.5. The van der Waals surface area contributed by atoms with E-state index in [-0.39, 0.29) is 45.7 Å². The van der Waals surface area contributed by atoms with Crippen molar-refractivity contribution in [2.24, 2.45) is 22.7 Å². The van der Waals surface area contributed by atoms with Crippen molar-refractivity contribution in [1.29, 1.82) is 0 Å². The number of carbonyl (C=O) groups is 1. The molecular weight excluding hydrogens is 593 g/mol. The number of allylic oxidation sites excluding steroid dienone is 4. The highest BCUT2D eigenvalue weighted by molar-refractivity contribution is 6.74. The Bertz CT molecular complexity index is 1220. The summed E-state index contributed by atoms with van der Waals surface area (Å²) in [5.74, 6) is 0.628. The summed E-state index contributed by atoms with van der Waals surface area (Å²) in [6.45, 7) is 34.9. The van der Waals surface area contributed by atoms with Crippen LogP contribution in [0.2, 0.25) is 36.3 Å². The molecule has 4 aliphatic carbocycles. The summed E-state index contributed by atoms with van der Waals surface area (Å²) in [6.07, 6.45) is 13.0. The molecule has 0 bridgehead atoms. The van der Waals surface area contributed by atoms with E-state index in [2.05, 4.69) is 99.8 Å². The maximum atomic E-state index is 12.3. The van der Waals surface area contributed by atoms with E-state index in [1.807, 2.05) is 20.8 Å². The minimum Gasteiger partial charge on any atom is -0.458 e. The van der Waals surface area contributed by atoms with Gasteiger partial charge in [0.2, 0.25) is 0 Å². The molecule has 6 atom stereocenters. The van der Waals surface area contributed by atoms with Crippen LogP contribution in [0.1, 0.15) is 108 Å². The highest BCUT2D eigenvalue weighted by Gasteiger charge is 2.59. The van der Waals surface area contributed by atoms with Gasteiger partial charge in [0.15, 0.2) is 16.6 Å². The second kappa shape index (κ2) is 12.2. The highest BCUT2D eigenvalue weighted by atomic mass is 28.4. The fraction of sp³-hybridized carbons (Fsp3) is 0.816. The van der Waals surface area contributed by atoms with Gasteiger partial charge in [0.25, 0.3) is 0 Å². The second-order valence-electron chi connectivity index (χ2n) is 19.1. The van der Waals surface area contributed by atoms with Crippen LogP contribution in [-0.4, -0.2) is 53.6 Å². The fourth-order valence-corrected chi connectivity index (χ4v) is 10.7. The van der Waals surface area contributed by atoms with Crippen LogP contribution in [0.25, 0.3) is 0 Å². The number of rotatable bonds is 8. The highest BCUT2D eigenvalue weighted by Crippen LogP contribution is 2.64. The Morgan fingerprint density at radius 3 is 2.07 bits per heavy atom. The Kier molecular flexibility index (Phi) is 9.95. The summed E-state index contributed by atoms with van der Waals surface area (Å²) in [6, 6.07) is 0. The lowest BCUT2D eigenvalue weighted by Gasteiger charge is -2.59. The lowest BCUT2D eigenvalue weighted by atomic mass is 9.50. The van der Waals surface area contributed by atoms with Crippen LogP contribution in [0.5, 0.6) is 0 Å². The second-order valence-corrected chi connectivity index (χ2v) is 28.6. The zero-order valence-electron chi connectivity index (χ0n) is 31.5. The Balaban J connectivity index is 1.61. The van der Waals surface area contributed by atoms with Gasteiger partial charge in [0.1, 0.15) is 12.2 Å². The van der Waals surface area contributed by atoms with Crippen LogP contribution < -0.4 is 0 Å². The van der Waals surface area contributed by atoms with E-state index in [1.54, 1.807) is 5.57 Å². The number of ether oxygens (including phenoxy) is 2. The van der Waals surface area contributed by atoms with Crippen molar-refractivity contribution in [3.8, 4) is 0 Å². The van der Waals surface area contributed by atoms with Gasteiger partial charge < -0.3 is 18.3 Å². The Morgan fingerprint density at radius 2 is 1.49 bits per heavy atom. The summed E-state index contributed by atoms with van der Waals surface area (Å²) in [5.41, 5.74) is 3.99. The first kappa shape index (κ1) is 36.8. The van der Waals surface area contributed by atoms with Gasteiger partial charge in [0.05, 0.1) is 18.8 Å². The summed E-state index contributed by atoms with van der Waals surface area (Å²) in [7, 11) is -3.98. The monoisotopic (exact) mass is 658 g/mol. The first-order valence-electron chi connectivity index (χ1n) is 17.6. The molecule has 0 aromatic heterocycles. The molecule has 0 aromatic carbocycles. The van der Waals surface area contributed by atoms with Crippen molar-refractivity contribution in [3.05, 3.63) is 34.9 Å². The summed E-state index contributed by atoms with van der Waals surface area (Å²) in [5, 5.41) is 0.317. The van der Waals surface area contributed by atoms with Crippen LogP contribution in [0.3, 0.4) is 0 Å². The topological polar surface area (TPSA) is 54.0 Å². The van der Waals surface area contributed by atoms with E-state index in [0.717, 1.165) is 32.1 Å². The molecule has 0 N–H and O–H groups in total. The molecule has 256 valence electrons. The summed E-state index contributed by atoms with van der Waals surface area (Å²) >= 11 is 0. The Hall–Kier alpha value is -0.996. The molecule has 0 radical (unpaired) electrons. The number of hydrogen-bond acceptors (Lipinski definition) is 5. The number of esters is 1. The molecule has 0 spiro atoms. The van der Waals surface area contributed by atoms with Crippen LogP contribution in [-0.2, 0) is 23.1 Å². The van der Waals surface area contributed by atoms with Crippen molar-refractivity contribution in [3.63, 3.8) is 0 Å². The summed E-state index contributed by atoms with van der Waals surface area (Å²) in [4.78, 5) is 12.3. The minimum absolute atomic E-state index is 0.00453. The number of carbonyl (C=O) groups excluding carboxylic acids is 1.